The van der Waals surface area contributed by atoms with Crippen molar-refractivity contribution >= 4 is 17.6 Å². The van der Waals surface area contributed by atoms with Crippen LogP contribution in [0, 0.1) is 57.2 Å². The number of fused-ring (bicyclic) bond motifs is 7. The Bertz CT molecular complexity index is 1460. The van der Waals surface area contributed by atoms with Crippen LogP contribution in [0.1, 0.15) is 143 Å². The maximum Gasteiger partial charge on any atom is 0.407 e. The predicted molar refractivity (Wildman–Crippen MR) is 198 cm³/mol. The molecule has 1 aromatic rings. The van der Waals surface area contributed by atoms with Gasteiger partial charge in [-0.25, -0.2) is 9.59 Å². The van der Waals surface area contributed by atoms with Crippen molar-refractivity contribution < 1.29 is 19.4 Å². The molecule has 1 aromatic carbocycles. The molecular formula is C43H66N2O4. The van der Waals surface area contributed by atoms with Gasteiger partial charge >= 0.3 is 12.1 Å². The molecule has 6 rings (SSSR count). The highest BCUT2D eigenvalue weighted by atomic mass is 16.6. The van der Waals surface area contributed by atoms with Crippen LogP contribution in [0.4, 0.5) is 4.79 Å². The Kier molecular flexibility index (Phi) is 9.23. The molecule has 0 bridgehead atoms. The standard InChI is InChI=1S/C43H66N2O4/c1-27(2)30-17-22-43(45-26-25-44-37(48)49-38(3,4)5)24-23-41(9)32(35(30)43)15-16-34-40(8)20-18-31(28-11-13-29(14-12-28)36(46)47)39(6,7)33(40)19-21-42(34,41)10/h11-14,18,27,30,32-35,45H,15-17,19-26H2,1-10H3,(H,44,48)(H,46,47)/t30-,32+,33-,34+,35+,40-,41+,42+,43-/m0/s1. The number of carbonyl (C=O) groups is 2. The largest absolute Gasteiger partial charge is 0.478 e. The van der Waals surface area contributed by atoms with Gasteiger partial charge < -0.3 is 20.5 Å². The number of hydrogen-bond acceptors (Lipinski definition) is 4. The molecule has 0 unspecified atom stereocenters. The van der Waals surface area contributed by atoms with Crippen molar-refractivity contribution in [1.29, 1.82) is 0 Å². The third-order valence-electron chi connectivity index (χ3n) is 15.6. The van der Waals surface area contributed by atoms with Gasteiger partial charge in [0.05, 0.1) is 5.56 Å². The van der Waals surface area contributed by atoms with E-state index in [2.05, 4.69) is 65.2 Å². The van der Waals surface area contributed by atoms with Crippen LogP contribution in [0.25, 0.3) is 5.57 Å². The molecule has 272 valence electrons. The number of carbonyl (C=O) groups excluding carboxylic acids is 1. The van der Waals surface area contributed by atoms with Crippen molar-refractivity contribution in [3.8, 4) is 0 Å². The molecule has 49 heavy (non-hydrogen) atoms. The summed E-state index contributed by atoms with van der Waals surface area (Å²) in [7, 11) is 0. The first-order chi connectivity index (χ1) is 22.8. The first-order valence-electron chi connectivity index (χ1n) is 19.6. The third kappa shape index (κ3) is 5.88. The predicted octanol–water partition coefficient (Wildman–Crippen LogP) is 9.98. The number of benzene rings is 1. The zero-order chi connectivity index (χ0) is 35.8. The summed E-state index contributed by atoms with van der Waals surface area (Å²) in [5.74, 6) is 3.18. The number of allylic oxidation sites excluding steroid dienone is 2. The monoisotopic (exact) mass is 675 g/mol. The average Bonchev–Trinajstić information content (AvgIpc) is 3.39. The average molecular weight is 675 g/mol. The number of alkyl carbamates (subject to hydrolysis) is 1. The highest BCUT2D eigenvalue weighted by Crippen LogP contribution is 2.76. The molecule has 3 N–H and O–H groups in total. The topological polar surface area (TPSA) is 87.7 Å². The molecule has 1 amide bonds. The van der Waals surface area contributed by atoms with E-state index in [9.17, 15) is 14.7 Å². The van der Waals surface area contributed by atoms with Gasteiger partial charge in [-0.2, -0.15) is 0 Å². The molecule has 4 fully saturated rings. The molecule has 0 aliphatic heterocycles. The van der Waals surface area contributed by atoms with Crippen molar-refractivity contribution in [2.45, 2.75) is 138 Å². The molecular weight excluding hydrogens is 608 g/mol. The van der Waals surface area contributed by atoms with E-state index in [4.69, 9.17) is 4.74 Å². The molecule has 9 atom stereocenters. The van der Waals surface area contributed by atoms with Crippen molar-refractivity contribution in [3.05, 3.63) is 41.5 Å². The second-order valence-corrected chi connectivity index (χ2v) is 19.6. The van der Waals surface area contributed by atoms with E-state index in [1.807, 2.05) is 32.9 Å². The smallest absolute Gasteiger partial charge is 0.407 e. The summed E-state index contributed by atoms with van der Waals surface area (Å²) in [6.45, 7) is 25.0. The van der Waals surface area contributed by atoms with Gasteiger partial charge in [0.15, 0.2) is 0 Å². The van der Waals surface area contributed by atoms with Crippen LogP contribution >= 0.6 is 0 Å². The van der Waals surface area contributed by atoms with Crippen LogP contribution in [0.2, 0.25) is 0 Å². The van der Waals surface area contributed by atoms with Gasteiger partial charge in [0.25, 0.3) is 0 Å². The van der Waals surface area contributed by atoms with E-state index >= 15 is 0 Å². The number of nitrogens with one attached hydrogen (secondary N) is 2. The van der Waals surface area contributed by atoms with E-state index in [1.54, 1.807) is 12.1 Å². The Morgan fingerprint density at radius 1 is 0.878 bits per heavy atom. The Morgan fingerprint density at radius 2 is 1.57 bits per heavy atom. The van der Waals surface area contributed by atoms with Gasteiger partial charge in [-0.05, 0) is 159 Å². The van der Waals surface area contributed by atoms with Gasteiger partial charge in [0.1, 0.15) is 5.60 Å². The minimum absolute atomic E-state index is 0.0178. The van der Waals surface area contributed by atoms with Crippen molar-refractivity contribution in [1.82, 2.24) is 10.6 Å². The highest BCUT2D eigenvalue weighted by Gasteiger charge is 2.70. The minimum Gasteiger partial charge on any atom is -0.478 e. The molecule has 0 aromatic heterocycles. The molecule has 5 aliphatic rings. The number of carboxylic acids is 1. The van der Waals surface area contributed by atoms with Crippen LogP contribution in [0.15, 0.2) is 30.3 Å². The molecule has 0 heterocycles. The lowest BCUT2D eigenvalue weighted by atomic mass is 9.33. The van der Waals surface area contributed by atoms with Crippen molar-refractivity contribution in [3.63, 3.8) is 0 Å². The number of carboxylic acid groups (broad SMARTS) is 1. The molecule has 0 radical (unpaired) electrons. The normalized spacial score (nSPS) is 39.6. The Labute approximate surface area is 297 Å². The van der Waals surface area contributed by atoms with Crippen LogP contribution in [0.5, 0.6) is 0 Å². The van der Waals surface area contributed by atoms with Crippen LogP contribution in [-0.2, 0) is 4.74 Å². The van der Waals surface area contributed by atoms with Gasteiger partial charge in [-0.3, -0.25) is 0 Å². The van der Waals surface area contributed by atoms with Crippen molar-refractivity contribution in [2.24, 2.45) is 57.2 Å². The van der Waals surface area contributed by atoms with Gasteiger partial charge in [0.2, 0.25) is 0 Å². The number of ether oxygens (including phenoxy) is 1. The molecule has 6 heteroatoms. The maximum absolute atomic E-state index is 12.4. The lowest BCUT2D eigenvalue weighted by Gasteiger charge is -2.72. The zero-order valence-corrected chi connectivity index (χ0v) is 32.3. The summed E-state index contributed by atoms with van der Waals surface area (Å²) in [6, 6.07) is 7.60. The fourth-order valence-electron chi connectivity index (χ4n) is 13.4. The Morgan fingerprint density at radius 3 is 2.20 bits per heavy atom. The minimum atomic E-state index is -0.866. The van der Waals surface area contributed by atoms with Gasteiger partial charge in [-0.1, -0.05) is 66.7 Å². The summed E-state index contributed by atoms with van der Waals surface area (Å²) in [6.07, 6.45) is 13.5. The molecule has 5 aliphatic carbocycles. The fraction of sp³-hybridized carbons (Fsp3) is 0.767. The van der Waals surface area contributed by atoms with Crippen LogP contribution in [-0.4, -0.2) is 41.4 Å². The van der Waals surface area contributed by atoms with E-state index in [-0.39, 0.29) is 22.5 Å². The van der Waals surface area contributed by atoms with Gasteiger partial charge in [-0.15, -0.1) is 0 Å². The summed E-state index contributed by atoms with van der Waals surface area (Å²) < 4.78 is 5.51. The van der Waals surface area contributed by atoms with Crippen molar-refractivity contribution in [2.75, 3.05) is 13.1 Å². The molecule has 6 nitrogen and oxygen atoms in total. The SMILES string of the molecule is CC(C)[C@@H]1CC[C@]2(NCCNC(=O)OC(C)(C)C)CC[C@]3(C)[C@H](CC[C@@H]4[C@@]5(C)CC=C(c6ccc(C(=O)O)cc6)C(C)(C)[C@@H]5CC[C@]43C)[C@@H]12. The van der Waals surface area contributed by atoms with E-state index in [1.165, 1.54) is 62.5 Å². The van der Waals surface area contributed by atoms with Crippen LogP contribution < -0.4 is 10.6 Å². The quantitative estimate of drug-likeness (QED) is 0.251. The first-order valence-corrected chi connectivity index (χ1v) is 19.6. The van der Waals surface area contributed by atoms with Gasteiger partial charge in [0, 0.05) is 18.6 Å². The summed E-state index contributed by atoms with van der Waals surface area (Å²) in [5.41, 5.74) is 3.44. The van der Waals surface area contributed by atoms with Crippen LogP contribution in [0.3, 0.4) is 0 Å². The fourth-order valence-corrected chi connectivity index (χ4v) is 13.4. The van der Waals surface area contributed by atoms with E-state index in [0.717, 1.165) is 18.9 Å². The molecule has 0 spiro atoms. The third-order valence-corrected chi connectivity index (χ3v) is 15.6. The molecule has 4 saturated carbocycles. The number of rotatable bonds is 7. The maximum atomic E-state index is 12.4. The lowest BCUT2D eigenvalue weighted by molar-refractivity contribution is -0.221. The highest BCUT2D eigenvalue weighted by molar-refractivity contribution is 5.88. The number of amides is 1. The Balaban J connectivity index is 1.25. The zero-order valence-electron chi connectivity index (χ0n) is 32.3. The summed E-state index contributed by atoms with van der Waals surface area (Å²) in [4.78, 5) is 23.9. The second-order valence-electron chi connectivity index (χ2n) is 19.6. The molecule has 0 saturated heterocycles. The second kappa shape index (κ2) is 12.4. The number of aromatic carboxylic acids is 1. The Hall–Kier alpha value is -2.34. The summed E-state index contributed by atoms with van der Waals surface area (Å²) >= 11 is 0. The first kappa shape index (κ1) is 36.5. The lowest BCUT2D eigenvalue weighted by Crippen LogP contribution is -2.68. The number of hydrogen-bond donors (Lipinski definition) is 3. The van der Waals surface area contributed by atoms with E-state index < -0.39 is 11.6 Å². The van der Waals surface area contributed by atoms with E-state index in [0.29, 0.717) is 52.5 Å². The summed E-state index contributed by atoms with van der Waals surface area (Å²) in [5, 5.41) is 16.6.